The highest BCUT2D eigenvalue weighted by Gasteiger charge is 2.34. The van der Waals surface area contributed by atoms with Crippen LogP contribution in [0.3, 0.4) is 0 Å². The first-order valence-corrected chi connectivity index (χ1v) is 6.75. The third-order valence-electron chi connectivity index (χ3n) is 2.81. The number of hydrogen-bond donors (Lipinski definition) is 2. The molecule has 2 N–H and O–H groups in total. The van der Waals surface area contributed by atoms with Crippen LogP contribution >= 0.6 is 0 Å². The van der Waals surface area contributed by atoms with Crippen molar-refractivity contribution in [2.45, 2.75) is 12.7 Å². The van der Waals surface area contributed by atoms with E-state index in [1.165, 1.54) is 18.4 Å². The molecule has 1 aromatic heterocycles. The molecule has 3 amide bonds. The van der Waals surface area contributed by atoms with Gasteiger partial charge >= 0.3 is 12.2 Å². The molecule has 0 saturated carbocycles. The summed E-state index contributed by atoms with van der Waals surface area (Å²) >= 11 is 0. The van der Waals surface area contributed by atoms with Gasteiger partial charge in [-0.05, 0) is 24.3 Å². The number of imide groups is 1. The number of hydrogen-bond acceptors (Lipinski definition) is 4. The standard InChI is InChI=1S/C15H13F3N2O4/c16-15(17,18)11-5-1-2-6-12(11)24-9-13(21)20-14(22)19-8-10-4-3-7-23-10/h1-7H,8-9H2,(H2,19,20,21,22). The van der Waals surface area contributed by atoms with Crippen molar-refractivity contribution in [3.8, 4) is 5.75 Å². The fourth-order valence-corrected chi connectivity index (χ4v) is 1.76. The Morgan fingerprint density at radius 3 is 2.54 bits per heavy atom. The Bertz CT molecular complexity index is 699. The highest BCUT2D eigenvalue weighted by atomic mass is 19.4. The molecule has 9 heteroatoms. The van der Waals surface area contributed by atoms with E-state index in [4.69, 9.17) is 9.15 Å². The molecule has 128 valence electrons. The zero-order valence-corrected chi connectivity index (χ0v) is 12.2. The van der Waals surface area contributed by atoms with E-state index < -0.39 is 36.0 Å². The van der Waals surface area contributed by atoms with Crippen LogP contribution in [0.2, 0.25) is 0 Å². The number of rotatable bonds is 5. The van der Waals surface area contributed by atoms with Crippen LogP contribution in [0.1, 0.15) is 11.3 Å². The lowest BCUT2D eigenvalue weighted by Gasteiger charge is -2.13. The molecule has 2 aromatic rings. The molecule has 0 saturated heterocycles. The Labute approximate surface area is 134 Å². The van der Waals surface area contributed by atoms with E-state index in [2.05, 4.69) is 5.32 Å². The smallest absolute Gasteiger partial charge is 0.419 e. The first-order valence-electron chi connectivity index (χ1n) is 6.75. The fourth-order valence-electron chi connectivity index (χ4n) is 1.76. The van der Waals surface area contributed by atoms with Gasteiger partial charge in [0.05, 0.1) is 18.4 Å². The van der Waals surface area contributed by atoms with Crippen LogP contribution in [0.25, 0.3) is 0 Å². The second-order valence-electron chi connectivity index (χ2n) is 4.59. The predicted octanol–water partition coefficient (Wildman–Crippen LogP) is 2.70. The molecular weight excluding hydrogens is 329 g/mol. The molecule has 2 rings (SSSR count). The third-order valence-corrected chi connectivity index (χ3v) is 2.81. The van der Waals surface area contributed by atoms with Gasteiger partial charge in [0.15, 0.2) is 6.61 Å². The van der Waals surface area contributed by atoms with Gasteiger partial charge in [0.2, 0.25) is 0 Å². The minimum atomic E-state index is -4.60. The van der Waals surface area contributed by atoms with Crippen molar-refractivity contribution in [2.75, 3.05) is 6.61 Å². The van der Waals surface area contributed by atoms with Crippen molar-refractivity contribution < 1.29 is 31.9 Å². The lowest BCUT2D eigenvalue weighted by atomic mass is 10.2. The summed E-state index contributed by atoms with van der Waals surface area (Å²) in [6, 6.07) is 6.92. The number of para-hydroxylation sites is 1. The maximum atomic E-state index is 12.8. The molecule has 1 heterocycles. The van der Waals surface area contributed by atoms with Crippen molar-refractivity contribution >= 4 is 11.9 Å². The van der Waals surface area contributed by atoms with Gasteiger partial charge in [0, 0.05) is 0 Å². The van der Waals surface area contributed by atoms with E-state index >= 15 is 0 Å². The molecule has 0 aliphatic carbocycles. The van der Waals surface area contributed by atoms with Gasteiger partial charge in [-0.25, -0.2) is 4.79 Å². The van der Waals surface area contributed by atoms with Gasteiger partial charge in [-0.2, -0.15) is 13.2 Å². The van der Waals surface area contributed by atoms with Crippen molar-refractivity contribution in [3.05, 3.63) is 54.0 Å². The van der Waals surface area contributed by atoms with Crippen LogP contribution in [0, 0.1) is 0 Å². The molecule has 0 unspecified atom stereocenters. The Morgan fingerprint density at radius 2 is 1.88 bits per heavy atom. The van der Waals surface area contributed by atoms with Crippen molar-refractivity contribution in [1.82, 2.24) is 10.6 Å². The number of amides is 3. The third kappa shape index (κ3) is 5.04. The highest BCUT2D eigenvalue weighted by Crippen LogP contribution is 2.35. The summed E-state index contributed by atoms with van der Waals surface area (Å²) in [5.41, 5.74) is -1.000. The number of halogens is 3. The molecule has 0 spiro atoms. The van der Waals surface area contributed by atoms with E-state index in [0.717, 1.165) is 12.1 Å². The van der Waals surface area contributed by atoms with E-state index in [9.17, 15) is 22.8 Å². The summed E-state index contributed by atoms with van der Waals surface area (Å²) in [6.07, 6.45) is -3.18. The summed E-state index contributed by atoms with van der Waals surface area (Å²) in [5, 5.41) is 4.28. The number of ether oxygens (including phenoxy) is 1. The predicted molar refractivity (Wildman–Crippen MR) is 76.0 cm³/mol. The Morgan fingerprint density at radius 1 is 1.12 bits per heavy atom. The molecule has 0 radical (unpaired) electrons. The summed E-state index contributed by atoms with van der Waals surface area (Å²) in [6.45, 7) is -0.675. The number of nitrogens with one attached hydrogen (secondary N) is 2. The topological polar surface area (TPSA) is 80.6 Å². The molecule has 0 aliphatic rings. The maximum Gasteiger partial charge on any atom is 0.419 e. The Balaban J connectivity index is 1.82. The van der Waals surface area contributed by atoms with Crippen LogP contribution < -0.4 is 15.4 Å². The number of carbonyl (C=O) groups excluding carboxylic acids is 2. The summed E-state index contributed by atoms with van der Waals surface area (Å²) in [4.78, 5) is 23.0. The molecule has 0 aliphatic heterocycles. The van der Waals surface area contributed by atoms with Crippen LogP contribution in [-0.4, -0.2) is 18.5 Å². The molecule has 0 fully saturated rings. The van der Waals surface area contributed by atoms with Crippen molar-refractivity contribution in [2.24, 2.45) is 0 Å². The van der Waals surface area contributed by atoms with Crippen LogP contribution in [0.4, 0.5) is 18.0 Å². The number of benzene rings is 1. The first kappa shape index (κ1) is 17.4. The molecule has 1 aromatic carbocycles. The van der Waals surface area contributed by atoms with Crippen LogP contribution in [-0.2, 0) is 17.5 Å². The lowest BCUT2D eigenvalue weighted by molar-refractivity contribution is -0.139. The normalized spacial score (nSPS) is 11.0. The van der Waals surface area contributed by atoms with E-state index in [1.807, 2.05) is 5.32 Å². The van der Waals surface area contributed by atoms with Gasteiger partial charge in [0.25, 0.3) is 5.91 Å². The van der Waals surface area contributed by atoms with E-state index in [1.54, 1.807) is 12.1 Å². The molecular formula is C15H13F3N2O4. The number of alkyl halides is 3. The highest BCUT2D eigenvalue weighted by molar-refractivity contribution is 5.94. The van der Waals surface area contributed by atoms with Crippen molar-refractivity contribution in [3.63, 3.8) is 0 Å². The summed E-state index contributed by atoms with van der Waals surface area (Å²) in [7, 11) is 0. The van der Waals surface area contributed by atoms with Gasteiger partial charge in [-0.3, -0.25) is 10.1 Å². The Hall–Kier alpha value is -2.97. The number of urea groups is 1. The fraction of sp³-hybridized carbons (Fsp3) is 0.200. The minimum absolute atomic E-state index is 0.0594. The quantitative estimate of drug-likeness (QED) is 0.875. The maximum absolute atomic E-state index is 12.8. The lowest BCUT2D eigenvalue weighted by Crippen LogP contribution is -2.41. The number of carbonyl (C=O) groups is 2. The van der Waals surface area contributed by atoms with E-state index in [-0.39, 0.29) is 6.54 Å². The zero-order valence-electron chi connectivity index (χ0n) is 12.2. The Kier molecular flexibility index (Phi) is 5.46. The van der Waals surface area contributed by atoms with Crippen molar-refractivity contribution in [1.29, 1.82) is 0 Å². The SMILES string of the molecule is O=C(COc1ccccc1C(F)(F)F)NC(=O)NCc1ccco1. The zero-order chi connectivity index (χ0) is 17.6. The van der Waals surface area contributed by atoms with E-state index in [0.29, 0.717) is 5.76 Å². The van der Waals surface area contributed by atoms with Gasteiger partial charge in [0.1, 0.15) is 11.5 Å². The summed E-state index contributed by atoms with van der Waals surface area (Å²) in [5.74, 6) is -0.895. The minimum Gasteiger partial charge on any atom is -0.483 e. The van der Waals surface area contributed by atoms with Crippen LogP contribution in [0.5, 0.6) is 5.75 Å². The average Bonchev–Trinajstić information content (AvgIpc) is 3.04. The molecule has 24 heavy (non-hydrogen) atoms. The summed E-state index contributed by atoms with van der Waals surface area (Å²) < 4.78 is 48.1. The molecule has 0 atom stereocenters. The second kappa shape index (κ2) is 7.53. The van der Waals surface area contributed by atoms with Crippen LogP contribution in [0.15, 0.2) is 47.1 Å². The molecule has 6 nitrogen and oxygen atoms in total. The number of furan rings is 1. The van der Waals surface area contributed by atoms with Gasteiger partial charge in [-0.15, -0.1) is 0 Å². The van der Waals surface area contributed by atoms with Gasteiger partial charge < -0.3 is 14.5 Å². The monoisotopic (exact) mass is 342 g/mol. The van der Waals surface area contributed by atoms with Gasteiger partial charge in [-0.1, -0.05) is 12.1 Å². The largest absolute Gasteiger partial charge is 0.483 e. The first-order chi connectivity index (χ1) is 11.4. The average molecular weight is 342 g/mol. The second-order valence-corrected chi connectivity index (χ2v) is 4.59. The molecule has 0 bridgehead atoms.